The Bertz CT molecular complexity index is 639. The lowest BCUT2D eigenvalue weighted by Crippen LogP contribution is -2.32. The average Bonchev–Trinajstić information content (AvgIpc) is 3.16. The molecule has 0 spiro atoms. The first-order valence-corrected chi connectivity index (χ1v) is 7.79. The Kier molecular flexibility index (Phi) is 4.06. The van der Waals surface area contributed by atoms with Crippen molar-refractivity contribution in [3.63, 3.8) is 0 Å². The lowest BCUT2D eigenvalue weighted by atomic mass is 10.1. The molecule has 0 amide bonds. The Morgan fingerprint density at radius 3 is 2.50 bits per heavy atom. The zero-order chi connectivity index (χ0) is 15.0. The number of carbonyl (C=O) groups is 1. The zero-order valence-electron chi connectivity index (χ0n) is 10.5. The number of rotatable bonds is 6. The quantitative estimate of drug-likeness (QED) is 0.728. The van der Waals surface area contributed by atoms with Crippen LogP contribution < -0.4 is 4.72 Å². The van der Waals surface area contributed by atoms with Crippen LogP contribution in [-0.4, -0.2) is 37.8 Å². The number of hydrogen-bond acceptors (Lipinski definition) is 4. The molecule has 1 aromatic rings. The highest BCUT2D eigenvalue weighted by atomic mass is 35.5. The molecule has 20 heavy (non-hydrogen) atoms. The van der Waals surface area contributed by atoms with Crippen LogP contribution in [0.1, 0.15) is 23.2 Å². The second-order valence-corrected chi connectivity index (χ2v) is 7.10. The Morgan fingerprint density at radius 2 is 2.05 bits per heavy atom. The SMILES string of the molecule is O=C(O)c1ccc(S(=O)(=O)NCC2(CO)CC2)cc1Cl. The molecule has 110 valence electrons. The van der Waals surface area contributed by atoms with Gasteiger partial charge >= 0.3 is 5.97 Å². The summed E-state index contributed by atoms with van der Waals surface area (Å²) in [5, 5.41) is 17.8. The van der Waals surface area contributed by atoms with Crippen molar-refractivity contribution in [1.82, 2.24) is 4.72 Å². The van der Waals surface area contributed by atoms with Gasteiger partial charge < -0.3 is 10.2 Å². The third-order valence-electron chi connectivity index (χ3n) is 3.41. The largest absolute Gasteiger partial charge is 0.478 e. The van der Waals surface area contributed by atoms with E-state index in [1.807, 2.05) is 0 Å². The molecule has 1 aliphatic carbocycles. The molecule has 8 heteroatoms. The van der Waals surface area contributed by atoms with Crippen LogP contribution in [0, 0.1) is 5.41 Å². The third kappa shape index (κ3) is 3.12. The monoisotopic (exact) mass is 319 g/mol. The molecule has 6 nitrogen and oxygen atoms in total. The van der Waals surface area contributed by atoms with E-state index in [9.17, 15) is 13.2 Å². The maximum Gasteiger partial charge on any atom is 0.337 e. The number of aliphatic hydroxyl groups is 1. The molecule has 0 aromatic heterocycles. The maximum absolute atomic E-state index is 12.1. The fourth-order valence-electron chi connectivity index (χ4n) is 1.74. The fraction of sp³-hybridized carbons (Fsp3) is 0.417. The minimum Gasteiger partial charge on any atom is -0.478 e. The van der Waals surface area contributed by atoms with E-state index in [1.54, 1.807) is 0 Å². The fourth-order valence-corrected chi connectivity index (χ4v) is 3.24. The van der Waals surface area contributed by atoms with E-state index < -0.39 is 16.0 Å². The van der Waals surface area contributed by atoms with Crippen LogP contribution in [0.15, 0.2) is 23.1 Å². The van der Waals surface area contributed by atoms with E-state index in [4.69, 9.17) is 21.8 Å². The van der Waals surface area contributed by atoms with Gasteiger partial charge in [-0.25, -0.2) is 17.9 Å². The predicted molar refractivity (Wildman–Crippen MR) is 72.4 cm³/mol. The summed E-state index contributed by atoms with van der Waals surface area (Å²) in [6, 6.07) is 3.44. The molecule has 0 radical (unpaired) electrons. The zero-order valence-corrected chi connectivity index (χ0v) is 12.0. The van der Waals surface area contributed by atoms with Crippen molar-refractivity contribution >= 4 is 27.6 Å². The first kappa shape index (κ1) is 15.2. The van der Waals surface area contributed by atoms with E-state index in [-0.39, 0.29) is 34.0 Å². The van der Waals surface area contributed by atoms with E-state index in [0.717, 1.165) is 25.0 Å². The van der Waals surface area contributed by atoms with Gasteiger partial charge in [-0.15, -0.1) is 0 Å². The highest BCUT2D eigenvalue weighted by Crippen LogP contribution is 2.44. The van der Waals surface area contributed by atoms with Gasteiger partial charge in [0.2, 0.25) is 10.0 Å². The first-order chi connectivity index (χ1) is 9.30. The number of benzene rings is 1. The van der Waals surface area contributed by atoms with Gasteiger partial charge in [0.1, 0.15) is 0 Å². The van der Waals surface area contributed by atoms with Gasteiger partial charge in [0.25, 0.3) is 0 Å². The van der Waals surface area contributed by atoms with Crippen LogP contribution in [0.25, 0.3) is 0 Å². The van der Waals surface area contributed by atoms with Crippen LogP contribution in [-0.2, 0) is 10.0 Å². The first-order valence-electron chi connectivity index (χ1n) is 5.93. The molecule has 3 N–H and O–H groups in total. The van der Waals surface area contributed by atoms with Gasteiger partial charge in [-0.3, -0.25) is 0 Å². The van der Waals surface area contributed by atoms with Crippen LogP contribution in [0.2, 0.25) is 5.02 Å². The summed E-state index contributed by atoms with van der Waals surface area (Å²) in [5.74, 6) is -1.22. The van der Waals surface area contributed by atoms with Crippen molar-refractivity contribution < 1.29 is 23.4 Å². The number of hydrogen-bond donors (Lipinski definition) is 3. The number of carboxylic acid groups (broad SMARTS) is 1. The van der Waals surface area contributed by atoms with E-state index in [0.29, 0.717) is 0 Å². The Morgan fingerprint density at radius 1 is 1.40 bits per heavy atom. The van der Waals surface area contributed by atoms with Crippen molar-refractivity contribution in [2.24, 2.45) is 5.41 Å². The van der Waals surface area contributed by atoms with E-state index in [1.165, 1.54) is 6.07 Å². The molecule has 1 fully saturated rings. The standard InChI is InChI=1S/C12H14ClNO5S/c13-10-5-8(1-2-9(10)11(16)17)20(18,19)14-6-12(7-15)3-4-12/h1-2,5,14-15H,3-4,6-7H2,(H,16,17). The van der Waals surface area contributed by atoms with Crippen molar-refractivity contribution in [3.05, 3.63) is 28.8 Å². The molecule has 0 atom stereocenters. The molecule has 1 saturated carbocycles. The normalized spacial score (nSPS) is 16.9. The van der Waals surface area contributed by atoms with Crippen molar-refractivity contribution in [1.29, 1.82) is 0 Å². The van der Waals surface area contributed by atoms with Gasteiger partial charge in [0.05, 0.1) is 15.5 Å². The summed E-state index contributed by atoms with van der Waals surface area (Å²) in [6.07, 6.45) is 1.56. The predicted octanol–water partition coefficient (Wildman–Crippen LogP) is 1.09. The number of carboxylic acids is 1. The van der Waals surface area contributed by atoms with Crippen LogP contribution in [0.3, 0.4) is 0 Å². The summed E-state index contributed by atoms with van der Waals surface area (Å²) in [5.41, 5.74) is -0.502. The van der Waals surface area contributed by atoms with Gasteiger partial charge in [0, 0.05) is 18.6 Å². The number of aromatic carboxylic acids is 1. The van der Waals surface area contributed by atoms with Crippen molar-refractivity contribution in [3.8, 4) is 0 Å². The third-order valence-corrected chi connectivity index (χ3v) is 5.12. The highest BCUT2D eigenvalue weighted by Gasteiger charge is 2.42. The summed E-state index contributed by atoms with van der Waals surface area (Å²) < 4.78 is 26.5. The number of nitrogens with one attached hydrogen (secondary N) is 1. The summed E-state index contributed by atoms with van der Waals surface area (Å²) in [6.45, 7) is 0.0956. The molecule has 0 unspecified atom stereocenters. The molecule has 0 aliphatic heterocycles. The summed E-state index contributed by atoms with van der Waals surface area (Å²) in [4.78, 5) is 10.7. The Hall–Kier alpha value is -1.15. The lowest BCUT2D eigenvalue weighted by molar-refractivity contribution is 0.0697. The molecule has 2 rings (SSSR count). The van der Waals surface area contributed by atoms with Gasteiger partial charge in [-0.1, -0.05) is 11.6 Å². The number of halogens is 1. The molecule has 1 aromatic carbocycles. The summed E-state index contributed by atoms with van der Waals surface area (Å²) >= 11 is 5.75. The van der Waals surface area contributed by atoms with Gasteiger partial charge in [-0.2, -0.15) is 0 Å². The maximum atomic E-state index is 12.1. The molecule has 0 heterocycles. The average molecular weight is 320 g/mol. The Labute approximate surface area is 121 Å². The molecular weight excluding hydrogens is 306 g/mol. The Balaban J connectivity index is 2.17. The van der Waals surface area contributed by atoms with E-state index >= 15 is 0 Å². The molecule has 0 saturated heterocycles. The van der Waals surface area contributed by atoms with Gasteiger partial charge in [-0.05, 0) is 31.0 Å². The number of sulfonamides is 1. The smallest absolute Gasteiger partial charge is 0.337 e. The highest BCUT2D eigenvalue weighted by molar-refractivity contribution is 7.89. The second-order valence-electron chi connectivity index (χ2n) is 4.93. The topological polar surface area (TPSA) is 104 Å². The second kappa shape index (κ2) is 5.33. The number of aliphatic hydroxyl groups excluding tert-OH is 1. The molecule has 0 bridgehead atoms. The van der Waals surface area contributed by atoms with E-state index in [2.05, 4.69) is 4.72 Å². The van der Waals surface area contributed by atoms with Crippen LogP contribution in [0.5, 0.6) is 0 Å². The van der Waals surface area contributed by atoms with Crippen LogP contribution >= 0.6 is 11.6 Å². The molecular formula is C12H14ClNO5S. The van der Waals surface area contributed by atoms with Crippen molar-refractivity contribution in [2.45, 2.75) is 17.7 Å². The van der Waals surface area contributed by atoms with Crippen LogP contribution in [0.4, 0.5) is 0 Å². The minimum absolute atomic E-state index is 0.0613. The van der Waals surface area contributed by atoms with Gasteiger partial charge in [0.15, 0.2) is 0 Å². The minimum atomic E-state index is -3.77. The van der Waals surface area contributed by atoms with Crippen molar-refractivity contribution in [2.75, 3.05) is 13.2 Å². The summed E-state index contributed by atoms with van der Waals surface area (Å²) in [7, 11) is -3.77. The lowest BCUT2D eigenvalue weighted by Gasteiger charge is -2.13. The molecule has 1 aliphatic rings.